The molecular formula is C16H21NO2. The molecule has 0 unspecified atom stereocenters. The fourth-order valence-corrected chi connectivity index (χ4v) is 3.01. The zero-order valence-electron chi connectivity index (χ0n) is 11.9. The van der Waals surface area contributed by atoms with Crippen molar-refractivity contribution < 1.29 is 9.53 Å². The smallest absolute Gasteiger partial charge is 0.235 e. The zero-order valence-corrected chi connectivity index (χ0v) is 11.9. The molecule has 1 fully saturated rings. The van der Waals surface area contributed by atoms with Gasteiger partial charge < -0.3 is 4.74 Å². The van der Waals surface area contributed by atoms with E-state index in [-0.39, 0.29) is 5.60 Å². The minimum atomic E-state index is -0.395. The van der Waals surface area contributed by atoms with Crippen molar-refractivity contribution in [1.29, 1.82) is 0 Å². The zero-order chi connectivity index (χ0) is 13.9. The lowest BCUT2D eigenvalue weighted by Crippen LogP contribution is -2.28. The summed E-state index contributed by atoms with van der Waals surface area (Å²) in [7, 11) is 1.71. The van der Waals surface area contributed by atoms with Gasteiger partial charge in [-0.3, -0.25) is 0 Å². The maximum atomic E-state index is 10.8. The van der Waals surface area contributed by atoms with Gasteiger partial charge in [0.2, 0.25) is 6.08 Å². The van der Waals surface area contributed by atoms with Crippen LogP contribution in [0.2, 0.25) is 0 Å². The second kappa shape index (κ2) is 5.28. The van der Waals surface area contributed by atoms with Crippen LogP contribution in [0.25, 0.3) is 0 Å². The van der Waals surface area contributed by atoms with Crippen LogP contribution in [0.5, 0.6) is 0 Å². The standard InChI is InChI=1S/C16H21NO2/c1-15(2,19-3)13-8-4-5-9-14(13)16(17-12-18)10-6-7-11-16/h4-5,8-9H,6-7,10-11H2,1-3H3. The van der Waals surface area contributed by atoms with Gasteiger partial charge in [0.1, 0.15) is 0 Å². The number of isocyanates is 1. The molecule has 3 heteroatoms. The highest BCUT2D eigenvalue weighted by molar-refractivity contribution is 5.43. The third-order valence-electron chi connectivity index (χ3n) is 4.28. The first-order chi connectivity index (χ1) is 9.06. The summed E-state index contributed by atoms with van der Waals surface area (Å²) in [6.45, 7) is 4.08. The molecule has 0 N–H and O–H groups in total. The summed E-state index contributed by atoms with van der Waals surface area (Å²) < 4.78 is 5.61. The Morgan fingerprint density at radius 2 is 1.89 bits per heavy atom. The van der Waals surface area contributed by atoms with Gasteiger partial charge in [-0.25, -0.2) is 4.79 Å². The largest absolute Gasteiger partial charge is 0.374 e. The molecule has 0 spiro atoms. The predicted molar refractivity (Wildman–Crippen MR) is 74.7 cm³/mol. The molecule has 0 aromatic heterocycles. The van der Waals surface area contributed by atoms with Crippen molar-refractivity contribution in [2.45, 2.75) is 50.7 Å². The lowest BCUT2D eigenvalue weighted by Gasteiger charge is -2.32. The Kier molecular flexibility index (Phi) is 3.88. The third kappa shape index (κ3) is 2.49. The highest BCUT2D eigenvalue weighted by atomic mass is 16.5. The van der Waals surface area contributed by atoms with Gasteiger partial charge >= 0.3 is 0 Å². The molecule has 0 aliphatic heterocycles. The first kappa shape index (κ1) is 14.0. The van der Waals surface area contributed by atoms with Crippen molar-refractivity contribution in [3.05, 3.63) is 35.4 Å². The molecule has 0 atom stereocenters. The van der Waals surface area contributed by atoms with Crippen LogP contribution in [0.4, 0.5) is 0 Å². The van der Waals surface area contributed by atoms with Crippen molar-refractivity contribution in [1.82, 2.24) is 0 Å². The van der Waals surface area contributed by atoms with E-state index in [4.69, 9.17) is 4.74 Å². The topological polar surface area (TPSA) is 38.7 Å². The van der Waals surface area contributed by atoms with E-state index in [1.165, 1.54) is 0 Å². The van der Waals surface area contributed by atoms with Crippen molar-refractivity contribution >= 4 is 6.08 Å². The van der Waals surface area contributed by atoms with E-state index >= 15 is 0 Å². The van der Waals surface area contributed by atoms with Gasteiger partial charge in [-0.15, -0.1) is 0 Å². The molecule has 1 aromatic carbocycles. The summed E-state index contributed by atoms with van der Waals surface area (Å²) in [6.07, 6.45) is 5.82. The van der Waals surface area contributed by atoms with E-state index in [0.29, 0.717) is 0 Å². The average molecular weight is 259 g/mol. The number of nitrogens with zero attached hydrogens (tertiary/aromatic N) is 1. The minimum absolute atomic E-state index is 0.384. The first-order valence-electron chi connectivity index (χ1n) is 6.80. The van der Waals surface area contributed by atoms with Gasteiger partial charge in [0, 0.05) is 7.11 Å². The Balaban J connectivity index is 2.58. The SMILES string of the molecule is COC(C)(C)c1ccccc1C1(N=C=O)CCCC1. The number of rotatable bonds is 4. The Morgan fingerprint density at radius 3 is 2.47 bits per heavy atom. The van der Waals surface area contributed by atoms with Crippen LogP contribution >= 0.6 is 0 Å². The van der Waals surface area contributed by atoms with E-state index in [9.17, 15) is 4.79 Å². The number of hydrogen-bond acceptors (Lipinski definition) is 3. The van der Waals surface area contributed by atoms with Crippen molar-refractivity contribution in [3.63, 3.8) is 0 Å². The molecular weight excluding hydrogens is 238 g/mol. The summed E-state index contributed by atoms with van der Waals surface area (Å²) in [5, 5.41) is 0. The van der Waals surface area contributed by atoms with E-state index in [1.807, 2.05) is 26.0 Å². The molecule has 19 heavy (non-hydrogen) atoms. The summed E-state index contributed by atoms with van der Waals surface area (Å²) in [4.78, 5) is 15.0. The van der Waals surface area contributed by atoms with Crippen molar-refractivity contribution in [3.8, 4) is 0 Å². The molecule has 1 aliphatic carbocycles. The number of benzene rings is 1. The number of ether oxygens (including phenoxy) is 1. The third-order valence-corrected chi connectivity index (χ3v) is 4.28. The Bertz CT molecular complexity index is 495. The molecule has 1 aliphatic rings. The fraction of sp³-hybridized carbons (Fsp3) is 0.562. The summed E-state index contributed by atoms with van der Waals surface area (Å²) >= 11 is 0. The normalized spacial score (nSPS) is 18.1. The Hall–Kier alpha value is -1.44. The van der Waals surface area contributed by atoms with E-state index in [1.54, 1.807) is 13.2 Å². The van der Waals surface area contributed by atoms with Crippen LogP contribution in [-0.2, 0) is 20.7 Å². The van der Waals surface area contributed by atoms with Crippen LogP contribution in [0, 0.1) is 0 Å². The van der Waals surface area contributed by atoms with Gasteiger partial charge in [-0.1, -0.05) is 37.1 Å². The van der Waals surface area contributed by atoms with E-state index in [2.05, 4.69) is 17.1 Å². The lowest BCUT2D eigenvalue weighted by atomic mass is 9.80. The van der Waals surface area contributed by atoms with E-state index < -0.39 is 5.54 Å². The Morgan fingerprint density at radius 1 is 1.26 bits per heavy atom. The van der Waals surface area contributed by atoms with Gasteiger partial charge in [-0.2, -0.15) is 4.99 Å². The summed E-state index contributed by atoms with van der Waals surface area (Å²) in [6, 6.07) is 8.15. The first-order valence-corrected chi connectivity index (χ1v) is 6.80. The number of carbonyl (C=O) groups excluding carboxylic acids is 1. The molecule has 2 rings (SSSR count). The molecule has 0 radical (unpaired) electrons. The quantitative estimate of drug-likeness (QED) is 0.611. The number of hydrogen-bond donors (Lipinski definition) is 0. The highest BCUT2D eigenvalue weighted by Gasteiger charge is 2.39. The average Bonchev–Trinajstić information content (AvgIpc) is 2.89. The Labute approximate surface area is 114 Å². The minimum Gasteiger partial charge on any atom is -0.374 e. The molecule has 102 valence electrons. The predicted octanol–water partition coefficient (Wildman–Crippen LogP) is 3.67. The lowest BCUT2D eigenvalue weighted by molar-refractivity contribution is 0.0175. The molecule has 3 nitrogen and oxygen atoms in total. The van der Waals surface area contributed by atoms with Gasteiger partial charge in [0.25, 0.3) is 0 Å². The number of methoxy groups -OCH3 is 1. The molecule has 1 aromatic rings. The monoisotopic (exact) mass is 259 g/mol. The van der Waals surface area contributed by atoms with Gasteiger partial charge in [0.15, 0.2) is 0 Å². The van der Waals surface area contributed by atoms with Crippen molar-refractivity contribution in [2.75, 3.05) is 7.11 Å². The fourth-order valence-electron chi connectivity index (χ4n) is 3.01. The molecule has 0 saturated heterocycles. The molecule has 0 heterocycles. The highest BCUT2D eigenvalue weighted by Crippen LogP contribution is 2.45. The second-order valence-corrected chi connectivity index (χ2v) is 5.70. The molecule has 1 saturated carbocycles. The maximum Gasteiger partial charge on any atom is 0.235 e. The van der Waals surface area contributed by atoms with Gasteiger partial charge in [0.05, 0.1) is 11.1 Å². The van der Waals surface area contributed by atoms with E-state index in [0.717, 1.165) is 36.8 Å². The number of aliphatic imine (C=N–C) groups is 1. The summed E-state index contributed by atoms with van der Waals surface area (Å²) in [5.41, 5.74) is 1.44. The molecule has 0 amide bonds. The summed E-state index contributed by atoms with van der Waals surface area (Å²) in [5.74, 6) is 0. The van der Waals surface area contributed by atoms with Crippen LogP contribution in [0.15, 0.2) is 29.3 Å². The molecule has 0 bridgehead atoms. The van der Waals surface area contributed by atoms with Crippen LogP contribution in [0.3, 0.4) is 0 Å². The van der Waals surface area contributed by atoms with Crippen LogP contribution < -0.4 is 0 Å². The maximum absolute atomic E-state index is 10.8. The van der Waals surface area contributed by atoms with Crippen LogP contribution in [-0.4, -0.2) is 13.2 Å². The van der Waals surface area contributed by atoms with Gasteiger partial charge in [-0.05, 0) is 37.8 Å². The van der Waals surface area contributed by atoms with Crippen molar-refractivity contribution in [2.24, 2.45) is 4.99 Å². The second-order valence-electron chi connectivity index (χ2n) is 5.70. The van der Waals surface area contributed by atoms with Crippen LogP contribution in [0.1, 0.15) is 50.7 Å².